The van der Waals surface area contributed by atoms with Gasteiger partial charge in [0.2, 0.25) is 10.0 Å². The fraction of sp³-hybridized carbons (Fsp3) is 0.611. The van der Waals surface area contributed by atoms with Gasteiger partial charge in [0.25, 0.3) is 0 Å². The minimum absolute atomic E-state index is 0. The summed E-state index contributed by atoms with van der Waals surface area (Å²) in [6.45, 7) is 5.09. The van der Waals surface area contributed by atoms with Gasteiger partial charge in [0.15, 0.2) is 5.96 Å². The van der Waals surface area contributed by atoms with E-state index in [1.807, 2.05) is 6.07 Å². The number of hydrogen-bond acceptors (Lipinski definition) is 3. The Hall–Kier alpha value is -0.870. The third-order valence-corrected chi connectivity index (χ3v) is 5.88. The molecular weight excluding hydrogens is 463 g/mol. The van der Waals surface area contributed by atoms with Crippen molar-refractivity contribution in [1.29, 1.82) is 0 Å². The molecule has 4 N–H and O–H groups in total. The second kappa shape index (κ2) is 10.5. The largest absolute Gasteiger partial charge is 0.354 e. The molecule has 8 heteroatoms. The SMILES string of the molecule is CN=C(NCc1cccc(S(N)(=O)=O)c1)NC1CCC(C(C)C)CC1.I. The molecule has 0 bridgehead atoms. The molecule has 26 heavy (non-hydrogen) atoms. The first-order chi connectivity index (χ1) is 11.8. The maximum absolute atomic E-state index is 11.4. The van der Waals surface area contributed by atoms with Gasteiger partial charge in [0, 0.05) is 19.6 Å². The van der Waals surface area contributed by atoms with Gasteiger partial charge in [-0.1, -0.05) is 26.0 Å². The number of aliphatic imine (C=N–C) groups is 1. The molecule has 1 aromatic carbocycles. The molecule has 0 amide bonds. The fourth-order valence-corrected chi connectivity index (χ4v) is 3.92. The third-order valence-electron chi connectivity index (χ3n) is 4.97. The Morgan fingerprint density at radius 1 is 1.27 bits per heavy atom. The maximum atomic E-state index is 11.4. The van der Waals surface area contributed by atoms with Crippen molar-refractivity contribution in [2.75, 3.05) is 7.05 Å². The predicted octanol–water partition coefficient (Wildman–Crippen LogP) is 2.83. The summed E-state index contributed by atoms with van der Waals surface area (Å²) < 4.78 is 22.9. The van der Waals surface area contributed by atoms with Crippen molar-refractivity contribution >= 4 is 40.0 Å². The molecule has 1 aliphatic rings. The molecule has 6 nitrogen and oxygen atoms in total. The van der Waals surface area contributed by atoms with E-state index in [9.17, 15) is 8.42 Å². The normalized spacial score (nSPS) is 21.2. The Balaban J connectivity index is 0.00000338. The lowest BCUT2D eigenvalue weighted by atomic mass is 9.80. The fourth-order valence-electron chi connectivity index (χ4n) is 3.34. The van der Waals surface area contributed by atoms with E-state index in [1.165, 1.54) is 18.9 Å². The molecule has 0 spiro atoms. The van der Waals surface area contributed by atoms with Crippen molar-refractivity contribution in [2.45, 2.75) is 57.0 Å². The Labute approximate surface area is 174 Å². The van der Waals surface area contributed by atoms with Crippen LogP contribution in [0.1, 0.15) is 45.1 Å². The van der Waals surface area contributed by atoms with E-state index in [0.717, 1.165) is 36.2 Å². The van der Waals surface area contributed by atoms with Crippen LogP contribution >= 0.6 is 24.0 Å². The molecule has 0 atom stereocenters. The molecule has 2 rings (SSSR count). The number of hydrogen-bond donors (Lipinski definition) is 3. The molecule has 148 valence electrons. The standard InChI is InChI=1S/C18H30N4O2S.HI/c1-13(2)15-7-9-16(10-8-15)22-18(20-3)21-12-14-5-4-6-17(11-14)25(19,23)24;/h4-6,11,13,15-16H,7-10,12H2,1-3H3,(H2,19,23,24)(H2,20,21,22);1H. The van der Waals surface area contributed by atoms with Gasteiger partial charge in [-0.15, -0.1) is 24.0 Å². The summed E-state index contributed by atoms with van der Waals surface area (Å²) in [7, 11) is -1.93. The van der Waals surface area contributed by atoms with Gasteiger partial charge in [-0.3, -0.25) is 4.99 Å². The van der Waals surface area contributed by atoms with Crippen molar-refractivity contribution in [3.05, 3.63) is 29.8 Å². The quantitative estimate of drug-likeness (QED) is 0.333. The Kier molecular flexibility index (Phi) is 9.32. The summed E-state index contributed by atoms with van der Waals surface area (Å²) in [5.41, 5.74) is 0.845. The first-order valence-electron chi connectivity index (χ1n) is 8.88. The second-order valence-corrected chi connectivity index (χ2v) is 8.68. The molecule has 1 aromatic rings. The van der Waals surface area contributed by atoms with Crippen LogP contribution in [0.2, 0.25) is 0 Å². The number of nitrogens with one attached hydrogen (secondary N) is 2. The lowest BCUT2D eigenvalue weighted by molar-refractivity contribution is 0.250. The Morgan fingerprint density at radius 3 is 2.46 bits per heavy atom. The molecule has 0 radical (unpaired) electrons. The van der Waals surface area contributed by atoms with Crippen LogP contribution in [0.4, 0.5) is 0 Å². The van der Waals surface area contributed by atoms with Crippen LogP contribution in [0.25, 0.3) is 0 Å². The molecule has 0 unspecified atom stereocenters. The smallest absolute Gasteiger partial charge is 0.238 e. The molecular formula is C18H31IN4O2S. The average molecular weight is 494 g/mol. The van der Waals surface area contributed by atoms with Crippen LogP contribution in [0.15, 0.2) is 34.2 Å². The summed E-state index contributed by atoms with van der Waals surface area (Å²) >= 11 is 0. The number of nitrogens with zero attached hydrogens (tertiary/aromatic N) is 1. The average Bonchev–Trinajstić information content (AvgIpc) is 2.58. The van der Waals surface area contributed by atoms with Crippen LogP contribution in [-0.2, 0) is 16.6 Å². The van der Waals surface area contributed by atoms with E-state index in [0.29, 0.717) is 12.6 Å². The zero-order chi connectivity index (χ0) is 18.4. The number of nitrogens with two attached hydrogens (primary N) is 1. The number of sulfonamides is 1. The Morgan fingerprint density at radius 2 is 1.92 bits per heavy atom. The number of halogens is 1. The molecule has 0 aromatic heterocycles. The number of primary sulfonamides is 1. The maximum Gasteiger partial charge on any atom is 0.238 e. The highest BCUT2D eigenvalue weighted by Crippen LogP contribution is 2.29. The minimum atomic E-state index is -3.68. The second-order valence-electron chi connectivity index (χ2n) is 7.12. The van der Waals surface area contributed by atoms with Crippen molar-refractivity contribution < 1.29 is 8.42 Å². The van der Waals surface area contributed by atoms with Crippen LogP contribution in [0, 0.1) is 11.8 Å². The van der Waals surface area contributed by atoms with Gasteiger partial charge in [-0.25, -0.2) is 13.6 Å². The minimum Gasteiger partial charge on any atom is -0.354 e. The van der Waals surface area contributed by atoms with E-state index in [-0.39, 0.29) is 28.9 Å². The zero-order valence-corrected chi connectivity index (χ0v) is 18.9. The summed E-state index contributed by atoms with van der Waals surface area (Å²) in [5.74, 6) is 2.33. The summed E-state index contributed by atoms with van der Waals surface area (Å²) in [4.78, 5) is 4.40. The molecule has 1 fully saturated rings. The Bertz CT molecular complexity index is 699. The number of benzene rings is 1. The number of guanidine groups is 1. The number of rotatable bonds is 5. The van der Waals surface area contributed by atoms with Gasteiger partial charge in [-0.05, 0) is 55.2 Å². The first kappa shape index (κ1) is 23.2. The van der Waals surface area contributed by atoms with Crippen molar-refractivity contribution in [1.82, 2.24) is 10.6 Å². The lowest BCUT2D eigenvalue weighted by Crippen LogP contribution is -2.44. The van der Waals surface area contributed by atoms with Crippen LogP contribution in [-0.4, -0.2) is 27.5 Å². The molecule has 1 saturated carbocycles. The molecule has 1 aliphatic carbocycles. The van der Waals surface area contributed by atoms with Gasteiger partial charge < -0.3 is 10.6 Å². The van der Waals surface area contributed by atoms with Crippen molar-refractivity contribution in [2.24, 2.45) is 22.0 Å². The zero-order valence-electron chi connectivity index (χ0n) is 15.7. The summed E-state index contributed by atoms with van der Waals surface area (Å²) in [5, 5.41) is 11.9. The topological polar surface area (TPSA) is 96.6 Å². The first-order valence-corrected chi connectivity index (χ1v) is 10.4. The van der Waals surface area contributed by atoms with E-state index >= 15 is 0 Å². The van der Waals surface area contributed by atoms with Crippen LogP contribution in [0.3, 0.4) is 0 Å². The van der Waals surface area contributed by atoms with Crippen molar-refractivity contribution in [3.63, 3.8) is 0 Å². The third kappa shape index (κ3) is 7.03. The molecule has 0 aliphatic heterocycles. The van der Waals surface area contributed by atoms with Gasteiger partial charge in [0.05, 0.1) is 4.90 Å². The highest BCUT2D eigenvalue weighted by atomic mass is 127. The lowest BCUT2D eigenvalue weighted by Gasteiger charge is -2.32. The summed E-state index contributed by atoms with van der Waals surface area (Å²) in [6.07, 6.45) is 4.82. The monoisotopic (exact) mass is 494 g/mol. The molecule has 0 heterocycles. The van der Waals surface area contributed by atoms with E-state index in [2.05, 4.69) is 29.5 Å². The van der Waals surface area contributed by atoms with Gasteiger partial charge in [-0.2, -0.15) is 0 Å². The highest BCUT2D eigenvalue weighted by Gasteiger charge is 2.23. The predicted molar refractivity (Wildman–Crippen MR) is 117 cm³/mol. The van der Waals surface area contributed by atoms with E-state index in [4.69, 9.17) is 5.14 Å². The molecule has 0 saturated heterocycles. The van der Waals surface area contributed by atoms with E-state index < -0.39 is 10.0 Å². The van der Waals surface area contributed by atoms with Crippen LogP contribution < -0.4 is 15.8 Å². The van der Waals surface area contributed by atoms with Gasteiger partial charge >= 0.3 is 0 Å². The van der Waals surface area contributed by atoms with Gasteiger partial charge in [0.1, 0.15) is 0 Å². The van der Waals surface area contributed by atoms with E-state index in [1.54, 1.807) is 19.2 Å². The highest BCUT2D eigenvalue weighted by molar-refractivity contribution is 14.0. The van der Waals surface area contributed by atoms with Crippen LogP contribution in [0.5, 0.6) is 0 Å². The van der Waals surface area contributed by atoms with Crippen molar-refractivity contribution in [3.8, 4) is 0 Å². The summed E-state index contributed by atoms with van der Waals surface area (Å²) in [6, 6.07) is 7.09.